The molecule has 4 aliphatic rings. The van der Waals surface area contributed by atoms with Gasteiger partial charge in [0.2, 0.25) is 5.91 Å². The number of hydrogen-bond acceptors (Lipinski definition) is 7. The molecular formula is C31H35N5O5. The summed E-state index contributed by atoms with van der Waals surface area (Å²) in [4.78, 5) is 43.8. The first-order valence-corrected chi connectivity index (χ1v) is 14.6. The van der Waals surface area contributed by atoms with Gasteiger partial charge in [0, 0.05) is 12.0 Å². The summed E-state index contributed by atoms with van der Waals surface area (Å²) in [6.45, 7) is 0.198. The maximum absolute atomic E-state index is 13.1. The average molecular weight is 558 g/mol. The predicted molar refractivity (Wildman–Crippen MR) is 147 cm³/mol. The number of ether oxygens (including phenoxy) is 2. The summed E-state index contributed by atoms with van der Waals surface area (Å²) in [6, 6.07) is 13.0. The van der Waals surface area contributed by atoms with Gasteiger partial charge >= 0.3 is 12.1 Å². The monoisotopic (exact) mass is 557 g/mol. The standard InChI is InChI=1S/C31H35N5O5/c1-40-28(38)31(18-30(13-14-30)34-27(31)37)15-22-11-12-24-32-23(16-36(24)35-22)26(25(20-7-8-20)21-9-10-21)33-29(39)41-17-19-5-3-2-4-6-19/h2-6,11-12,16,20-21,25-26H,7-10,13-15,17-18H2,1H3,(H,33,39)(H,34,37)/t26-,31?/m1/s1. The zero-order chi connectivity index (χ0) is 28.2. The normalized spacial score (nSPS) is 23.4. The second-order valence-electron chi connectivity index (χ2n) is 12.4. The zero-order valence-corrected chi connectivity index (χ0v) is 23.2. The number of esters is 1. The van der Waals surface area contributed by atoms with Crippen LogP contribution in [0.5, 0.6) is 0 Å². The van der Waals surface area contributed by atoms with Crippen molar-refractivity contribution in [1.82, 2.24) is 25.2 Å². The highest BCUT2D eigenvalue weighted by molar-refractivity contribution is 6.05. The van der Waals surface area contributed by atoms with E-state index in [1.165, 1.54) is 7.11 Å². The molecule has 1 spiro atoms. The van der Waals surface area contributed by atoms with Gasteiger partial charge in [-0.3, -0.25) is 9.59 Å². The number of carbonyl (C=O) groups excluding carboxylic acids is 3. The van der Waals surface area contributed by atoms with Crippen molar-refractivity contribution in [3.63, 3.8) is 0 Å². The van der Waals surface area contributed by atoms with E-state index in [9.17, 15) is 14.4 Å². The topological polar surface area (TPSA) is 124 Å². The minimum atomic E-state index is -1.29. The van der Waals surface area contributed by atoms with Crippen LogP contribution in [0.2, 0.25) is 0 Å². The number of rotatable bonds is 10. The van der Waals surface area contributed by atoms with Crippen LogP contribution in [0.3, 0.4) is 0 Å². The van der Waals surface area contributed by atoms with Crippen LogP contribution < -0.4 is 10.6 Å². The number of imidazole rings is 1. The Morgan fingerprint density at radius 1 is 1.10 bits per heavy atom. The third-order valence-electron chi connectivity index (χ3n) is 9.28. The average Bonchev–Trinajstić information content (AvgIpc) is 3.89. The molecule has 0 bridgehead atoms. The molecule has 0 radical (unpaired) electrons. The molecule has 2 N–H and O–H groups in total. The Labute approximate surface area is 238 Å². The van der Waals surface area contributed by atoms with E-state index in [4.69, 9.17) is 19.6 Å². The first kappa shape index (κ1) is 26.0. The van der Waals surface area contributed by atoms with Crippen LogP contribution in [0.4, 0.5) is 4.79 Å². The van der Waals surface area contributed by atoms with Crippen LogP contribution in [0, 0.1) is 23.2 Å². The zero-order valence-electron chi connectivity index (χ0n) is 23.2. The molecule has 7 rings (SSSR count). The van der Waals surface area contributed by atoms with Crippen LogP contribution in [0.25, 0.3) is 5.65 Å². The minimum Gasteiger partial charge on any atom is -0.468 e. The molecule has 10 heteroatoms. The highest BCUT2D eigenvalue weighted by Gasteiger charge is 2.64. The lowest BCUT2D eigenvalue weighted by Gasteiger charge is -2.26. The first-order valence-electron chi connectivity index (χ1n) is 14.6. The second-order valence-corrected chi connectivity index (χ2v) is 12.4. The SMILES string of the molecule is COC(=O)C1(Cc2ccc3nc([C@@H](NC(=O)OCc4ccccc4)C(C4CC4)C4CC4)cn3n2)CC2(CC2)NC1=O. The van der Waals surface area contributed by atoms with Crippen molar-refractivity contribution in [2.45, 2.75) is 69.6 Å². The summed E-state index contributed by atoms with van der Waals surface area (Å²) in [5, 5.41) is 10.9. The summed E-state index contributed by atoms with van der Waals surface area (Å²) >= 11 is 0. The number of aromatic nitrogens is 3. The lowest BCUT2D eigenvalue weighted by molar-refractivity contribution is -0.157. The molecule has 214 valence electrons. The summed E-state index contributed by atoms with van der Waals surface area (Å²) in [5.41, 5.74) is 1.34. The number of methoxy groups -OCH3 is 1. The van der Waals surface area contributed by atoms with Gasteiger partial charge in [0.25, 0.3) is 0 Å². The van der Waals surface area contributed by atoms with Crippen LogP contribution in [0.15, 0.2) is 48.7 Å². The number of nitrogens with one attached hydrogen (secondary N) is 2. The molecule has 1 aromatic carbocycles. The van der Waals surface area contributed by atoms with E-state index in [1.54, 1.807) is 4.52 Å². The molecule has 1 unspecified atom stereocenters. The van der Waals surface area contributed by atoms with Crippen molar-refractivity contribution in [1.29, 1.82) is 0 Å². The molecule has 3 heterocycles. The number of alkyl carbamates (subject to hydrolysis) is 1. The molecule has 3 aromatic rings. The molecule has 1 saturated heterocycles. The maximum atomic E-state index is 13.1. The Morgan fingerprint density at radius 2 is 1.83 bits per heavy atom. The molecule has 3 aliphatic carbocycles. The van der Waals surface area contributed by atoms with Gasteiger partial charge < -0.3 is 20.1 Å². The van der Waals surface area contributed by atoms with Crippen molar-refractivity contribution >= 4 is 23.6 Å². The van der Waals surface area contributed by atoms with Gasteiger partial charge in [-0.2, -0.15) is 5.10 Å². The fourth-order valence-electron chi connectivity index (χ4n) is 6.73. The lowest BCUT2D eigenvalue weighted by Crippen LogP contribution is -2.42. The summed E-state index contributed by atoms with van der Waals surface area (Å²) in [6.07, 6.45) is 8.36. The van der Waals surface area contributed by atoms with Crippen molar-refractivity contribution in [2.24, 2.45) is 23.2 Å². The largest absolute Gasteiger partial charge is 0.468 e. The molecular weight excluding hydrogens is 522 g/mol. The highest BCUT2D eigenvalue weighted by Crippen LogP contribution is 2.54. The minimum absolute atomic E-state index is 0.150. The smallest absolute Gasteiger partial charge is 0.408 e. The number of benzene rings is 1. The van der Waals surface area contributed by atoms with Gasteiger partial charge in [0.1, 0.15) is 6.61 Å². The molecule has 3 saturated carbocycles. The maximum Gasteiger partial charge on any atom is 0.408 e. The van der Waals surface area contributed by atoms with E-state index in [0.717, 1.165) is 49.8 Å². The molecule has 2 atom stereocenters. The highest BCUT2D eigenvalue weighted by atomic mass is 16.5. The fraction of sp³-hybridized carbons (Fsp3) is 0.516. The quantitative estimate of drug-likeness (QED) is 0.286. The van der Waals surface area contributed by atoms with Crippen molar-refractivity contribution < 1.29 is 23.9 Å². The molecule has 2 amide bonds. The Hall–Kier alpha value is -3.95. The van der Waals surface area contributed by atoms with Gasteiger partial charge in [-0.05, 0) is 80.4 Å². The molecule has 41 heavy (non-hydrogen) atoms. The molecule has 1 aliphatic heterocycles. The third kappa shape index (κ3) is 5.04. The number of carbonyl (C=O) groups is 3. The van der Waals surface area contributed by atoms with Crippen LogP contribution in [0.1, 0.15) is 67.9 Å². The van der Waals surface area contributed by atoms with E-state index >= 15 is 0 Å². The van der Waals surface area contributed by atoms with Gasteiger partial charge in [0.05, 0.1) is 30.7 Å². The van der Waals surface area contributed by atoms with E-state index in [-0.39, 0.29) is 30.5 Å². The van der Waals surface area contributed by atoms with Gasteiger partial charge in [-0.15, -0.1) is 0 Å². The van der Waals surface area contributed by atoms with Crippen molar-refractivity contribution in [3.8, 4) is 0 Å². The number of amides is 2. The second kappa shape index (κ2) is 9.85. The first-order chi connectivity index (χ1) is 19.9. The van der Waals surface area contributed by atoms with Crippen molar-refractivity contribution in [3.05, 3.63) is 65.6 Å². The van der Waals surface area contributed by atoms with Gasteiger partial charge in [-0.1, -0.05) is 30.3 Å². The molecule has 10 nitrogen and oxygen atoms in total. The Kier molecular flexibility index (Phi) is 6.24. The lowest BCUT2D eigenvalue weighted by atomic mass is 9.79. The van der Waals surface area contributed by atoms with Gasteiger partial charge in [0.15, 0.2) is 11.1 Å². The summed E-state index contributed by atoms with van der Waals surface area (Å²) < 4.78 is 12.4. The van der Waals surface area contributed by atoms with Crippen LogP contribution in [-0.4, -0.2) is 45.2 Å². The van der Waals surface area contributed by atoms with E-state index in [0.29, 0.717) is 35.5 Å². The van der Waals surface area contributed by atoms with E-state index < -0.39 is 17.5 Å². The Morgan fingerprint density at radius 3 is 2.46 bits per heavy atom. The molecule has 2 aromatic heterocycles. The number of fused-ring (bicyclic) bond motifs is 1. The van der Waals surface area contributed by atoms with Gasteiger partial charge in [-0.25, -0.2) is 14.3 Å². The molecule has 4 fully saturated rings. The van der Waals surface area contributed by atoms with Crippen molar-refractivity contribution in [2.75, 3.05) is 7.11 Å². The van der Waals surface area contributed by atoms with Crippen LogP contribution >= 0.6 is 0 Å². The van der Waals surface area contributed by atoms with E-state index in [2.05, 4.69) is 10.6 Å². The number of nitrogens with zero attached hydrogens (tertiary/aromatic N) is 3. The predicted octanol–water partition coefficient (Wildman–Crippen LogP) is 3.89. The fourth-order valence-corrected chi connectivity index (χ4v) is 6.73. The van der Waals surface area contributed by atoms with Crippen LogP contribution in [-0.2, 0) is 32.1 Å². The number of hydrogen-bond donors (Lipinski definition) is 2. The Balaban J connectivity index is 1.15. The third-order valence-corrected chi connectivity index (χ3v) is 9.28. The summed E-state index contributed by atoms with van der Waals surface area (Å²) in [7, 11) is 1.32. The Bertz CT molecular complexity index is 1480. The summed E-state index contributed by atoms with van der Waals surface area (Å²) in [5.74, 6) is 0.604. The van der Waals surface area contributed by atoms with E-state index in [1.807, 2.05) is 48.7 Å².